The summed E-state index contributed by atoms with van der Waals surface area (Å²) in [5, 5.41) is 0. The standard InChI is InChI=1S/C19H36O3Si3/c1-8-20-25(21-23(4,5)9-2,22-24(6,7)10-3)14-13-19-16-17-11-12-18(19)15-17/h9-12,17-19H,2-3,8,13-16H2,1,4-7H3. The molecule has 2 aliphatic rings. The molecule has 0 aliphatic heterocycles. The Morgan fingerprint density at radius 1 is 1.00 bits per heavy atom. The van der Waals surface area contributed by atoms with Crippen LogP contribution < -0.4 is 0 Å². The van der Waals surface area contributed by atoms with Gasteiger partial charge in [0.1, 0.15) is 0 Å². The van der Waals surface area contributed by atoms with Crippen molar-refractivity contribution < 1.29 is 12.7 Å². The number of hydrogen-bond acceptors (Lipinski definition) is 3. The molecule has 2 rings (SSSR count). The Hall–Kier alpha value is -0.249. The van der Waals surface area contributed by atoms with Gasteiger partial charge in [-0.1, -0.05) is 23.6 Å². The number of fused-ring (bicyclic) bond motifs is 2. The monoisotopic (exact) mass is 396 g/mol. The molecule has 142 valence electrons. The third-order valence-electron chi connectivity index (χ3n) is 5.42. The first kappa shape index (κ1) is 21.1. The lowest BCUT2D eigenvalue weighted by Crippen LogP contribution is -2.57. The van der Waals surface area contributed by atoms with E-state index in [2.05, 4.69) is 51.5 Å². The van der Waals surface area contributed by atoms with E-state index in [1.165, 1.54) is 12.8 Å². The number of hydrogen-bond donors (Lipinski definition) is 0. The minimum atomic E-state index is -2.75. The molecule has 0 spiro atoms. The van der Waals surface area contributed by atoms with Crippen LogP contribution in [0.3, 0.4) is 0 Å². The van der Waals surface area contributed by atoms with Crippen LogP contribution in [0, 0.1) is 17.8 Å². The van der Waals surface area contributed by atoms with E-state index in [-0.39, 0.29) is 0 Å². The van der Waals surface area contributed by atoms with Crippen molar-refractivity contribution in [3.63, 3.8) is 0 Å². The van der Waals surface area contributed by atoms with Gasteiger partial charge in [-0.3, -0.25) is 0 Å². The minimum Gasteiger partial charge on any atom is -0.412 e. The Bertz CT molecular complexity index is 494. The van der Waals surface area contributed by atoms with E-state index in [4.69, 9.17) is 12.7 Å². The zero-order chi connectivity index (χ0) is 18.7. The van der Waals surface area contributed by atoms with Crippen LogP contribution in [-0.2, 0) is 12.7 Å². The van der Waals surface area contributed by atoms with Crippen LogP contribution in [0.2, 0.25) is 32.2 Å². The summed E-state index contributed by atoms with van der Waals surface area (Å²) in [7, 11) is -6.76. The Morgan fingerprint density at radius 2 is 1.60 bits per heavy atom. The van der Waals surface area contributed by atoms with Gasteiger partial charge in [0.15, 0.2) is 0 Å². The van der Waals surface area contributed by atoms with Crippen LogP contribution in [0.4, 0.5) is 0 Å². The third kappa shape index (κ3) is 5.61. The van der Waals surface area contributed by atoms with Crippen molar-refractivity contribution in [1.82, 2.24) is 0 Å². The minimum absolute atomic E-state index is 0.631. The van der Waals surface area contributed by atoms with Crippen molar-refractivity contribution in [1.29, 1.82) is 0 Å². The third-order valence-corrected chi connectivity index (χ3v) is 15.7. The fourth-order valence-electron chi connectivity index (χ4n) is 3.95. The van der Waals surface area contributed by atoms with E-state index in [1.54, 1.807) is 0 Å². The highest BCUT2D eigenvalue weighted by atomic mass is 28.5. The van der Waals surface area contributed by atoms with Crippen molar-refractivity contribution in [2.24, 2.45) is 17.8 Å². The van der Waals surface area contributed by atoms with E-state index in [1.807, 2.05) is 18.3 Å². The molecule has 0 amide bonds. The van der Waals surface area contributed by atoms with Crippen molar-refractivity contribution in [2.75, 3.05) is 6.61 Å². The molecule has 1 saturated carbocycles. The molecule has 3 nitrogen and oxygen atoms in total. The first-order chi connectivity index (χ1) is 11.6. The van der Waals surface area contributed by atoms with E-state index >= 15 is 0 Å². The summed E-state index contributed by atoms with van der Waals surface area (Å²) >= 11 is 0. The SMILES string of the molecule is C=C[Si](C)(C)O[Si](CCC1CC2C=CC1C2)(OCC)O[Si](C)(C)C=C. The highest BCUT2D eigenvalue weighted by Gasteiger charge is 2.49. The molecule has 0 radical (unpaired) electrons. The van der Waals surface area contributed by atoms with Crippen LogP contribution in [-0.4, -0.2) is 32.0 Å². The van der Waals surface area contributed by atoms with Crippen molar-refractivity contribution >= 4 is 25.4 Å². The molecular formula is C19H36O3Si3. The van der Waals surface area contributed by atoms with Crippen LogP contribution in [0.15, 0.2) is 36.7 Å². The van der Waals surface area contributed by atoms with Gasteiger partial charge in [-0.05, 0) is 70.1 Å². The number of rotatable bonds is 11. The normalized spacial score (nSPS) is 26.2. The second kappa shape index (κ2) is 8.19. The zero-order valence-electron chi connectivity index (χ0n) is 16.7. The first-order valence-corrected chi connectivity index (χ1v) is 17.5. The van der Waals surface area contributed by atoms with Crippen LogP contribution in [0.1, 0.15) is 26.2 Å². The maximum Gasteiger partial charge on any atom is 0.480 e. The molecule has 0 aromatic carbocycles. The molecule has 2 aliphatic carbocycles. The summed E-state index contributed by atoms with van der Waals surface area (Å²) in [6, 6.07) is 0.914. The van der Waals surface area contributed by atoms with Crippen molar-refractivity contribution in [2.45, 2.75) is 58.4 Å². The quantitative estimate of drug-likeness (QED) is 0.343. The molecular weight excluding hydrogens is 360 g/mol. The van der Waals surface area contributed by atoms with E-state index in [0.29, 0.717) is 6.61 Å². The molecule has 0 heterocycles. The molecule has 0 aromatic heterocycles. The molecule has 25 heavy (non-hydrogen) atoms. The molecule has 3 unspecified atom stereocenters. The molecule has 3 atom stereocenters. The van der Waals surface area contributed by atoms with Gasteiger partial charge in [0.25, 0.3) is 0 Å². The second-order valence-corrected chi connectivity index (χ2v) is 19.5. The predicted octanol–water partition coefficient (Wildman–Crippen LogP) is 5.46. The largest absolute Gasteiger partial charge is 0.480 e. The lowest BCUT2D eigenvalue weighted by molar-refractivity contribution is 0.166. The van der Waals surface area contributed by atoms with Gasteiger partial charge in [0, 0.05) is 12.7 Å². The van der Waals surface area contributed by atoms with Crippen LogP contribution in [0.25, 0.3) is 0 Å². The number of allylic oxidation sites excluding steroid dienone is 2. The topological polar surface area (TPSA) is 27.7 Å². The summed E-state index contributed by atoms with van der Waals surface area (Å²) < 4.78 is 19.6. The van der Waals surface area contributed by atoms with Gasteiger partial charge < -0.3 is 12.7 Å². The van der Waals surface area contributed by atoms with E-state index < -0.39 is 25.4 Å². The average molecular weight is 397 g/mol. The summed E-state index contributed by atoms with van der Waals surface area (Å²) in [6.45, 7) is 19.4. The second-order valence-electron chi connectivity index (χ2n) is 8.51. The molecule has 6 heteroatoms. The van der Waals surface area contributed by atoms with Gasteiger partial charge in [0.05, 0.1) is 0 Å². The molecule has 0 N–H and O–H groups in total. The maximum atomic E-state index is 6.68. The fourth-order valence-corrected chi connectivity index (χ4v) is 14.2. The zero-order valence-corrected chi connectivity index (χ0v) is 19.7. The van der Waals surface area contributed by atoms with Crippen molar-refractivity contribution in [3.05, 3.63) is 36.7 Å². The fraction of sp³-hybridized carbons (Fsp3) is 0.684. The van der Waals surface area contributed by atoms with E-state index in [9.17, 15) is 0 Å². The summed E-state index contributed by atoms with van der Waals surface area (Å²) in [5.41, 5.74) is 3.97. The lowest BCUT2D eigenvalue weighted by Gasteiger charge is -2.40. The lowest BCUT2D eigenvalue weighted by atomic mass is 9.91. The van der Waals surface area contributed by atoms with Gasteiger partial charge in [-0.15, -0.1) is 13.2 Å². The molecule has 0 saturated heterocycles. The Labute approximate surface area is 157 Å². The highest BCUT2D eigenvalue weighted by Crippen LogP contribution is 2.46. The Balaban J connectivity index is 2.16. The smallest absolute Gasteiger partial charge is 0.412 e. The molecule has 1 fully saturated rings. The van der Waals surface area contributed by atoms with Crippen LogP contribution >= 0.6 is 0 Å². The van der Waals surface area contributed by atoms with Crippen molar-refractivity contribution in [3.8, 4) is 0 Å². The summed E-state index contributed by atoms with van der Waals surface area (Å²) in [6.07, 6.45) is 8.64. The highest BCUT2D eigenvalue weighted by molar-refractivity contribution is 6.89. The Morgan fingerprint density at radius 3 is 2.00 bits per heavy atom. The van der Waals surface area contributed by atoms with Gasteiger partial charge >= 0.3 is 8.80 Å². The average Bonchev–Trinajstić information content (AvgIpc) is 3.15. The van der Waals surface area contributed by atoms with E-state index in [0.717, 1.165) is 30.2 Å². The van der Waals surface area contributed by atoms with Gasteiger partial charge in [-0.25, -0.2) is 0 Å². The summed E-state index contributed by atoms with van der Waals surface area (Å²) in [4.78, 5) is 0. The van der Waals surface area contributed by atoms with Crippen LogP contribution in [0.5, 0.6) is 0 Å². The predicted molar refractivity (Wildman–Crippen MR) is 113 cm³/mol. The maximum absolute atomic E-state index is 6.68. The first-order valence-electron chi connectivity index (χ1n) is 9.64. The van der Waals surface area contributed by atoms with Gasteiger partial charge in [-0.2, -0.15) is 0 Å². The summed E-state index contributed by atoms with van der Waals surface area (Å²) in [5.74, 6) is 2.32. The molecule has 2 bridgehead atoms. The molecule has 0 aromatic rings. The van der Waals surface area contributed by atoms with Gasteiger partial charge in [0.2, 0.25) is 16.6 Å². The Kier molecular flexibility index (Phi) is 6.89.